The van der Waals surface area contributed by atoms with Gasteiger partial charge < -0.3 is 4.90 Å². The second-order valence-corrected chi connectivity index (χ2v) is 6.37. The Morgan fingerprint density at radius 1 is 1.41 bits per heavy atom. The third-order valence-electron chi connectivity index (χ3n) is 3.39. The lowest BCUT2D eigenvalue weighted by molar-refractivity contribution is 0.288. The highest BCUT2D eigenvalue weighted by Gasteiger charge is 2.29. The quantitative estimate of drug-likeness (QED) is 0.824. The van der Waals surface area contributed by atoms with Gasteiger partial charge in [-0.15, -0.1) is 5.10 Å². The zero-order valence-corrected chi connectivity index (χ0v) is 12.0. The van der Waals surface area contributed by atoms with Gasteiger partial charge >= 0.3 is 0 Å². The summed E-state index contributed by atoms with van der Waals surface area (Å²) in [7, 11) is 0. The molecule has 1 N–H and O–H groups in total. The molecule has 2 heterocycles. The molecule has 0 spiro atoms. The zero-order chi connectivity index (χ0) is 12.6. The summed E-state index contributed by atoms with van der Waals surface area (Å²) in [6.45, 7) is 11.1. The maximum Gasteiger partial charge on any atom is 0.225 e. The number of rotatable bonds is 2. The van der Waals surface area contributed by atoms with Crippen LogP contribution in [0.1, 0.15) is 46.6 Å². The molecular weight excluding hydrogens is 232 g/mol. The van der Waals surface area contributed by atoms with Crippen molar-refractivity contribution < 1.29 is 0 Å². The van der Waals surface area contributed by atoms with E-state index >= 15 is 0 Å². The van der Waals surface area contributed by atoms with E-state index in [9.17, 15) is 0 Å². The van der Waals surface area contributed by atoms with E-state index in [1.807, 2.05) is 0 Å². The largest absolute Gasteiger partial charge is 0.340 e. The van der Waals surface area contributed by atoms with E-state index in [4.69, 9.17) is 12.2 Å². The Labute approximate surface area is 108 Å². The maximum absolute atomic E-state index is 5.29. The molecular formula is C12H22N4S. The molecule has 0 aliphatic carbocycles. The number of nitrogens with zero attached hydrogens (tertiary/aromatic N) is 3. The first-order valence-corrected chi connectivity index (χ1v) is 6.73. The van der Waals surface area contributed by atoms with Crippen LogP contribution in [0.2, 0.25) is 0 Å². The average molecular weight is 254 g/mol. The summed E-state index contributed by atoms with van der Waals surface area (Å²) in [5.41, 5.74) is 0.369. The van der Waals surface area contributed by atoms with Crippen molar-refractivity contribution in [2.24, 2.45) is 5.41 Å². The van der Waals surface area contributed by atoms with Crippen molar-refractivity contribution in [1.29, 1.82) is 0 Å². The fraction of sp³-hybridized carbons (Fsp3) is 0.833. The molecule has 0 atom stereocenters. The van der Waals surface area contributed by atoms with E-state index in [0.717, 1.165) is 23.8 Å². The molecule has 1 fully saturated rings. The zero-order valence-electron chi connectivity index (χ0n) is 11.2. The van der Waals surface area contributed by atoms with E-state index in [1.165, 1.54) is 12.8 Å². The lowest BCUT2D eigenvalue weighted by Crippen LogP contribution is -2.41. The molecule has 1 aromatic rings. The number of anilines is 1. The van der Waals surface area contributed by atoms with Gasteiger partial charge in [-0.1, -0.05) is 13.8 Å². The minimum absolute atomic E-state index is 0.348. The molecule has 0 radical (unpaired) electrons. The van der Waals surface area contributed by atoms with E-state index in [0.29, 0.717) is 11.5 Å². The molecule has 1 aromatic heterocycles. The Morgan fingerprint density at radius 3 is 2.71 bits per heavy atom. The van der Waals surface area contributed by atoms with Gasteiger partial charge in [0.25, 0.3) is 0 Å². The molecule has 5 heteroatoms. The van der Waals surface area contributed by atoms with Crippen LogP contribution in [0.25, 0.3) is 0 Å². The third kappa shape index (κ3) is 2.54. The normalized spacial score (nSPS) is 19.9. The number of aromatic amines is 1. The van der Waals surface area contributed by atoms with Crippen LogP contribution in [-0.4, -0.2) is 27.9 Å². The lowest BCUT2D eigenvalue weighted by Gasteiger charge is -2.38. The van der Waals surface area contributed by atoms with Gasteiger partial charge in [-0.2, -0.15) is 0 Å². The first kappa shape index (κ1) is 12.6. The SMILES string of the molecule is CC(C)n1c(N2CCCC(C)(C)C2)n[nH]c1=S. The van der Waals surface area contributed by atoms with Crippen LogP contribution in [-0.2, 0) is 0 Å². The number of hydrogen-bond acceptors (Lipinski definition) is 3. The average Bonchev–Trinajstić information content (AvgIpc) is 2.58. The summed E-state index contributed by atoms with van der Waals surface area (Å²) in [4.78, 5) is 2.36. The van der Waals surface area contributed by atoms with E-state index in [1.54, 1.807) is 0 Å². The standard InChI is InChI=1S/C12H22N4S/c1-9(2)16-10(13-14-11(16)17)15-7-5-6-12(3,4)8-15/h9H,5-8H2,1-4H3,(H,14,17). The highest BCUT2D eigenvalue weighted by atomic mass is 32.1. The Kier molecular flexibility index (Phi) is 3.30. The molecule has 1 saturated heterocycles. The summed E-state index contributed by atoms with van der Waals surface area (Å²) in [5, 5.41) is 7.32. The van der Waals surface area contributed by atoms with Gasteiger partial charge in [0.2, 0.25) is 5.95 Å². The number of piperidine rings is 1. The van der Waals surface area contributed by atoms with E-state index in [2.05, 4.69) is 47.4 Å². The molecule has 96 valence electrons. The molecule has 1 aliphatic heterocycles. The molecule has 0 unspecified atom stereocenters. The minimum Gasteiger partial charge on any atom is -0.340 e. The van der Waals surface area contributed by atoms with Gasteiger partial charge in [0.05, 0.1) is 0 Å². The summed E-state index contributed by atoms with van der Waals surface area (Å²) in [5.74, 6) is 0.998. The van der Waals surface area contributed by atoms with Crippen molar-refractivity contribution in [1.82, 2.24) is 14.8 Å². The Hall–Kier alpha value is -0.840. The van der Waals surface area contributed by atoms with Crippen molar-refractivity contribution in [2.75, 3.05) is 18.0 Å². The predicted molar refractivity (Wildman–Crippen MR) is 73.0 cm³/mol. The lowest BCUT2D eigenvalue weighted by atomic mass is 9.84. The summed E-state index contributed by atoms with van der Waals surface area (Å²) < 4.78 is 2.83. The highest BCUT2D eigenvalue weighted by molar-refractivity contribution is 7.71. The van der Waals surface area contributed by atoms with Crippen LogP contribution in [0.5, 0.6) is 0 Å². The highest BCUT2D eigenvalue weighted by Crippen LogP contribution is 2.31. The fourth-order valence-corrected chi connectivity index (χ4v) is 2.92. The van der Waals surface area contributed by atoms with E-state index < -0.39 is 0 Å². The van der Waals surface area contributed by atoms with Gasteiger partial charge in [-0.25, -0.2) is 5.10 Å². The number of aromatic nitrogens is 3. The second kappa shape index (κ2) is 4.44. The van der Waals surface area contributed by atoms with Crippen LogP contribution in [0.4, 0.5) is 5.95 Å². The first-order valence-electron chi connectivity index (χ1n) is 6.32. The Balaban J connectivity index is 2.31. The molecule has 0 aromatic carbocycles. The van der Waals surface area contributed by atoms with Crippen LogP contribution in [0.15, 0.2) is 0 Å². The van der Waals surface area contributed by atoms with Crippen molar-refractivity contribution in [2.45, 2.75) is 46.6 Å². The van der Waals surface area contributed by atoms with Crippen LogP contribution in [0.3, 0.4) is 0 Å². The summed E-state index contributed by atoms with van der Waals surface area (Å²) >= 11 is 5.29. The van der Waals surface area contributed by atoms with Gasteiger partial charge in [-0.3, -0.25) is 4.57 Å². The molecule has 2 rings (SSSR count). The third-order valence-corrected chi connectivity index (χ3v) is 3.67. The van der Waals surface area contributed by atoms with Crippen molar-refractivity contribution in [3.63, 3.8) is 0 Å². The van der Waals surface area contributed by atoms with Gasteiger partial charge in [-0.05, 0) is 44.3 Å². The monoisotopic (exact) mass is 254 g/mol. The second-order valence-electron chi connectivity index (χ2n) is 5.98. The fourth-order valence-electron chi connectivity index (χ4n) is 2.58. The molecule has 0 saturated carbocycles. The van der Waals surface area contributed by atoms with Crippen molar-refractivity contribution >= 4 is 18.2 Å². The Morgan fingerprint density at radius 2 is 2.12 bits per heavy atom. The first-order chi connectivity index (χ1) is 7.91. The molecule has 0 amide bonds. The van der Waals surface area contributed by atoms with Gasteiger partial charge in [0.15, 0.2) is 4.77 Å². The molecule has 4 nitrogen and oxygen atoms in total. The predicted octanol–water partition coefficient (Wildman–Crippen LogP) is 3.15. The number of nitrogens with one attached hydrogen (secondary N) is 1. The van der Waals surface area contributed by atoms with Crippen LogP contribution >= 0.6 is 12.2 Å². The molecule has 0 bridgehead atoms. The smallest absolute Gasteiger partial charge is 0.225 e. The molecule has 1 aliphatic rings. The minimum atomic E-state index is 0.348. The topological polar surface area (TPSA) is 36.9 Å². The van der Waals surface area contributed by atoms with Crippen LogP contribution in [0, 0.1) is 10.2 Å². The van der Waals surface area contributed by atoms with Gasteiger partial charge in [0.1, 0.15) is 0 Å². The van der Waals surface area contributed by atoms with Crippen LogP contribution < -0.4 is 4.90 Å². The van der Waals surface area contributed by atoms with E-state index in [-0.39, 0.29) is 0 Å². The Bertz CT molecular complexity index is 444. The van der Waals surface area contributed by atoms with Crippen molar-refractivity contribution in [3.8, 4) is 0 Å². The van der Waals surface area contributed by atoms with Crippen molar-refractivity contribution in [3.05, 3.63) is 4.77 Å². The number of hydrogen-bond donors (Lipinski definition) is 1. The molecule has 17 heavy (non-hydrogen) atoms. The maximum atomic E-state index is 5.29. The number of H-pyrrole nitrogens is 1. The summed E-state index contributed by atoms with van der Waals surface area (Å²) in [6.07, 6.45) is 2.51. The summed E-state index contributed by atoms with van der Waals surface area (Å²) in [6, 6.07) is 0.348. The van der Waals surface area contributed by atoms with Gasteiger partial charge in [0, 0.05) is 19.1 Å².